The van der Waals surface area contributed by atoms with Crippen molar-refractivity contribution in [1.82, 2.24) is 9.55 Å². The largest absolute Gasteiger partial charge is 0.476 e. The quantitative estimate of drug-likeness (QED) is 0.735. The van der Waals surface area contributed by atoms with E-state index in [9.17, 15) is 4.79 Å². The van der Waals surface area contributed by atoms with Crippen molar-refractivity contribution in [2.75, 3.05) is 0 Å². The van der Waals surface area contributed by atoms with Crippen LogP contribution in [0.4, 0.5) is 0 Å². The van der Waals surface area contributed by atoms with Crippen molar-refractivity contribution in [1.29, 1.82) is 0 Å². The number of carbonyl (C=O) groups is 1. The molecule has 1 rings (SSSR count). The summed E-state index contributed by atoms with van der Waals surface area (Å²) in [6.45, 7) is 6.15. The van der Waals surface area contributed by atoms with Gasteiger partial charge in [-0.25, -0.2) is 9.78 Å². The number of aryl methyl sites for hydroxylation is 1. The maximum atomic E-state index is 10.5. The van der Waals surface area contributed by atoms with Gasteiger partial charge < -0.3 is 9.67 Å². The molecule has 12 heavy (non-hydrogen) atoms. The molecule has 64 valence electrons. The summed E-state index contributed by atoms with van der Waals surface area (Å²) in [7, 11) is 0. The predicted octanol–water partition coefficient (Wildman–Crippen LogP) is 1.24. The van der Waals surface area contributed by atoms with Gasteiger partial charge >= 0.3 is 5.97 Å². The lowest BCUT2D eigenvalue weighted by Crippen LogP contribution is -1.95. The Labute approximate surface area is 70.2 Å². The van der Waals surface area contributed by atoms with E-state index in [1.165, 1.54) is 12.3 Å². The zero-order valence-corrected chi connectivity index (χ0v) is 6.82. The molecule has 1 heterocycles. The van der Waals surface area contributed by atoms with Crippen LogP contribution in [0.15, 0.2) is 12.8 Å². The van der Waals surface area contributed by atoms with E-state index in [4.69, 9.17) is 5.11 Å². The molecule has 0 bridgehead atoms. The van der Waals surface area contributed by atoms with Gasteiger partial charge in [0.25, 0.3) is 0 Å². The molecule has 1 aromatic heterocycles. The monoisotopic (exact) mass is 166 g/mol. The molecule has 0 radical (unpaired) electrons. The molecule has 4 heteroatoms. The third kappa shape index (κ3) is 1.37. The minimum absolute atomic E-state index is 0.0618. The Morgan fingerprint density at radius 3 is 2.92 bits per heavy atom. The number of rotatable bonds is 3. The number of carboxylic acids is 1. The van der Waals surface area contributed by atoms with E-state index in [0.717, 1.165) is 0 Å². The maximum absolute atomic E-state index is 10.5. The van der Waals surface area contributed by atoms with Crippen molar-refractivity contribution in [2.45, 2.75) is 13.5 Å². The Morgan fingerprint density at radius 1 is 1.92 bits per heavy atom. The first kappa shape index (κ1) is 8.52. The van der Waals surface area contributed by atoms with Crippen LogP contribution >= 0.6 is 0 Å². The van der Waals surface area contributed by atoms with Crippen molar-refractivity contribution in [2.24, 2.45) is 0 Å². The van der Waals surface area contributed by atoms with Gasteiger partial charge in [-0.3, -0.25) is 0 Å². The zero-order chi connectivity index (χ0) is 9.14. The van der Waals surface area contributed by atoms with E-state index in [2.05, 4.69) is 11.6 Å². The van der Waals surface area contributed by atoms with Crippen LogP contribution < -0.4 is 0 Å². The summed E-state index contributed by atoms with van der Waals surface area (Å²) in [5.41, 5.74) is 0.0618. The number of aromatic nitrogens is 2. The van der Waals surface area contributed by atoms with Crippen LogP contribution in [0.3, 0.4) is 0 Å². The van der Waals surface area contributed by atoms with Crippen LogP contribution in [0.1, 0.15) is 23.2 Å². The van der Waals surface area contributed by atoms with Crippen LogP contribution in [0.5, 0.6) is 0 Å². The fourth-order valence-electron chi connectivity index (χ4n) is 0.949. The molecule has 1 N–H and O–H groups in total. The van der Waals surface area contributed by atoms with Gasteiger partial charge in [-0.1, -0.05) is 6.58 Å². The molecule has 0 aliphatic rings. The average molecular weight is 166 g/mol. The molecule has 0 atom stereocenters. The normalized spacial score (nSPS) is 9.75. The summed E-state index contributed by atoms with van der Waals surface area (Å²) < 4.78 is 1.73. The summed E-state index contributed by atoms with van der Waals surface area (Å²) >= 11 is 0. The van der Waals surface area contributed by atoms with Gasteiger partial charge in [0.1, 0.15) is 5.82 Å². The van der Waals surface area contributed by atoms with Crippen molar-refractivity contribution >= 4 is 12.0 Å². The van der Waals surface area contributed by atoms with E-state index >= 15 is 0 Å². The second-order valence-electron chi connectivity index (χ2n) is 2.28. The first-order valence-corrected chi connectivity index (χ1v) is 3.62. The Balaban J connectivity index is 3.13. The van der Waals surface area contributed by atoms with Crippen LogP contribution in [0, 0.1) is 0 Å². The van der Waals surface area contributed by atoms with Crippen LogP contribution in [0.25, 0.3) is 6.08 Å². The Bertz CT molecular complexity index is 315. The molecule has 0 saturated carbocycles. The number of hydrogen-bond donors (Lipinski definition) is 1. The van der Waals surface area contributed by atoms with Gasteiger partial charge in [0.15, 0.2) is 5.69 Å². The van der Waals surface area contributed by atoms with Gasteiger partial charge in [0.2, 0.25) is 0 Å². The van der Waals surface area contributed by atoms with Crippen molar-refractivity contribution in [3.05, 3.63) is 24.3 Å². The standard InChI is InChI=1S/C8H10N2O2/c1-3-7-9-6(8(11)12)5-10(7)4-2/h3,5H,1,4H2,2H3,(H,11,12). The van der Waals surface area contributed by atoms with E-state index < -0.39 is 5.97 Å². The van der Waals surface area contributed by atoms with Gasteiger partial charge in [0.05, 0.1) is 0 Å². The molecular formula is C8H10N2O2. The lowest BCUT2D eigenvalue weighted by atomic mass is 10.5. The second kappa shape index (κ2) is 3.21. The van der Waals surface area contributed by atoms with E-state index in [1.54, 1.807) is 4.57 Å². The molecule has 0 saturated heterocycles. The highest BCUT2D eigenvalue weighted by Crippen LogP contribution is 2.04. The second-order valence-corrected chi connectivity index (χ2v) is 2.28. The van der Waals surface area contributed by atoms with E-state index in [0.29, 0.717) is 12.4 Å². The van der Waals surface area contributed by atoms with Gasteiger partial charge in [-0.2, -0.15) is 0 Å². The Morgan fingerprint density at radius 2 is 2.58 bits per heavy atom. The van der Waals surface area contributed by atoms with E-state index in [-0.39, 0.29) is 5.69 Å². The highest BCUT2D eigenvalue weighted by atomic mass is 16.4. The van der Waals surface area contributed by atoms with Gasteiger partial charge in [-0.05, 0) is 13.0 Å². The molecule has 0 aromatic carbocycles. The number of carboxylic acid groups (broad SMARTS) is 1. The first-order valence-electron chi connectivity index (χ1n) is 3.62. The summed E-state index contributed by atoms with van der Waals surface area (Å²) in [4.78, 5) is 14.3. The number of nitrogens with zero attached hydrogens (tertiary/aromatic N) is 2. The van der Waals surface area contributed by atoms with E-state index in [1.807, 2.05) is 6.92 Å². The number of imidazole rings is 1. The molecule has 4 nitrogen and oxygen atoms in total. The van der Waals surface area contributed by atoms with Crippen molar-refractivity contribution < 1.29 is 9.90 Å². The lowest BCUT2D eigenvalue weighted by Gasteiger charge is -1.96. The third-order valence-corrected chi connectivity index (χ3v) is 1.55. The maximum Gasteiger partial charge on any atom is 0.356 e. The van der Waals surface area contributed by atoms with Crippen LogP contribution in [0.2, 0.25) is 0 Å². The predicted molar refractivity (Wildman–Crippen MR) is 45.0 cm³/mol. The summed E-state index contributed by atoms with van der Waals surface area (Å²) in [6, 6.07) is 0. The van der Waals surface area contributed by atoms with Crippen molar-refractivity contribution in [3.8, 4) is 0 Å². The highest BCUT2D eigenvalue weighted by molar-refractivity contribution is 5.85. The molecule has 0 spiro atoms. The fraction of sp³-hybridized carbons (Fsp3) is 0.250. The first-order chi connectivity index (χ1) is 5.69. The Hall–Kier alpha value is -1.58. The topological polar surface area (TPSA) is 55.1 Å². The zero-order valence-electron chi connectivity index (χ0n) is 6.82. The molecule has 1 aromatic rings. The molecule has 0 aliphatic carbocycles. The Kier molecular flexibility index (Phi) is 2.28. The molecule has 0 fully saturated rings. The number of hydrogen-bond acceptors (Lipinski definition) is 2. The summed E-state index contributed by atoms with van der Waals surface area (Å²) in [5, 5.41) is 8.60. The molecule has 0 aliphatic heterocycles. The lowest BCUT2D eigenvalue weighted by molar-refractivity contribution is 0.0691. The van der Waals surface area contributed by atoms with Crippen molar-refractivity contribution in [3.63, 3.8) is 0 Å². The minimum Gasteiger partial charge on any atom is -0.476 e. The SMILES string of the molecule is C=Cc1nc(C(=O)O)cn1CC. The molecular weight excluding hydrogens is 156 g/mol. The molecule has 0 amide bonds. The van der Waals surface area contributed by atoms with Gasteiger partial charge in [0, 0.05) is 12.7 Å². The summed E-state index contributed by atoms with van der Waals surface area (Å²) in [6.07, 6.45) is 3.04. The minimum atomic E-state index is -1.01. The molecule has 0 unspecified atom stereocenters. The fourth-order valence-corrected chi connectivity index (χ4v) is 0.949. The highest BCUT2D eigenvalue weighted by Gasteiger charge is 2.09. The summed E-state index contributed by atoms with van der Waals surface area (Å²) in [5.74, 6) is -0.416. The van der Waals surface area contributed by atoms with Crippen LogP contribution in [-0.4, -0.2) is 20.6 Å². The third-order valence-electron chi connectivity index (χ3n) is 1.55. The number of aromatic carboxylic acids is 1. The average Bonchev–Trinajstić information content (AvgIpc) is 2.46. The van der Waals surface area contributed by atoms with Crippen LogP contribution in [-0.2, 0) is 6.54 Å². The van der Waals surface area contributed by atoms with Gasteiger partial charge in [-0.15, -0.1) is 0 Å². The smallest absolute Gasteiger partial charge is 0.356 e.